The number of rotatable bonds is 9. The molecular weight excluding hydrogens is 204 g/mol. The Morgan fingerprint density at radius 1 is 1.31 bits per heavy atom. The molecule has 0 saturated carbocycles. The van der Waals surface area contributed by atoms with Crippen LogP contribution in [-0.4, -0.2) is 32.2 Å². The number of unbranched alkanes of at least 4 members (excludes halogenated alkanes) is 4. The van der Waals surface area contributed by atoms with Gasteiger partial charge in [0.05, 0.1) is 6.61 Å². The molecule has 94 valence electrons. The number of hydrogen-bond donors (Lipinski definition) is 0. The van der Waals surface area contributed by atoms with Crippen LogP contribution in [-0.2, 0) is 14.3 Å². The van der Waals surface area contributed by atoms with Gasteiger partial charge in [0.1, 0.15) is 6.61 Å². The van der Waals surface area contributed by atoms with Crippen LogP contribution in [0.3, 0.4) is 0 Å². The van der Waals surface area contributed by atoms with Gasteiger partial charge < -0.3 is 9.47 Å². The highest BCUT2D eigenvalue weighted by Crippen LogP contribution is 2.13. The van der Waals surface area contributed by atoms with Crippen LogP contribution in [0.25, 0.3) is 0 Å². The van der Waals surface area contributed by atoms with Gasteiger partial charge in [-0.1, -0.05) is 32.6 Å². The third-order valence-electron chi connectivity index (χ3n) is 3.02. The molecule has 1 saturated heterocycles. The minimum Gasteiger partial charge on any atom is -0.381 e. The van der Waals surface area contributed by atoms with Crippen LogP contribution in [0, 0.1) is 5.92 Å². The second kappa shape index (κ2) is 8.71. The molecule has 1 aliphatic heterocycles. The summed E-state index contributed by atoms with van der Waals surface area (Å²) in [5, 5.41) is 0. The van der Waals surface area contributed by atoms with Crippen molar-refractivity contribution in [3.63, 3.8) is 0 Å². The normalized spacial score (nSPS) is 20.2. The van der Waals surface area contributed by atoms with E-state index in [0.717, 1.165) is 26.1 Å². The molecule has 0 aromatic carbocycles. The molecule has 1 atom stereocenters. The van der Waals surface area contributed by atoms with Gasteiger partial charge in [0.2, 0.25) is 0 Å². The number of ketones is 1. The van der Waals surface area contributed by atoms with Crippen LogP contribution in [0.5, 0.6) is 0 Å². The van der Waals surface area contributed by atoms with Gasteiger partial charge in [-0.05, 0) is 12.8 Å². The Balaban J connectivity index is 1.88. The summed E-state index contributed by atoms with van der Waals surface area (Å²) in [4.78, 5) is 11.6. The van der Waals surface area contributed by atoms with E-state index in [0.29, 0.717) is 6.61 Å². The van der Waals surface area contributed by atoms with Crippen LogP contribution in [0.1, 0.15) is 45.4 Å². The summed E-state index contributed by atoms with van der Waals surface area (Å²) in [6, 6.07) is 0. The zero-order valence-corrected chi connectivity index (χ0v) is 10.4. The highest BCUT2D eigenvalue weighted by Gasteiger charge is 2.22. The number of Topliss-reactive ketones (excluding diaryl/α,β-unsaturated/α-hetero) is 1. The summed E-state index contributed by atoms with van der Waals surface area (Å²) in [6.45, 7) is 4.54. The number of carbonyl (C=O) groups is 1. The Labute approximate surface area is 98.5 Å². The lowest BCUT2D eigenvalue weighted by Crippen LogP contribution is -2.20. The van der Waals surface area contributed by atoms with Crippen LogP contribution in [0.4, 0.5) is 0 Å². The van der Waals surface area contributed by atoms with E-state index in [2.05, 4.69) is 6.92 Å². The molecule has 1 heterocycles. The Bertz CT molecular complexity index is 186. The molecule has 0 amide bonds. The van der Waals surface area contributed by atoms with E-state index in [4.69, 9.17) is 9.47 Å². The second-order valence-corrected chi connectivity index (χ2v) is 4.49. The molecule has 16 heavy (non-hydrogen) atoms. The topological polar surface area (TPSA) is 35.5 Å². The Kier molecular flexibility index (Phi) is 7.43. The highest BCUT2D eigenvalue weighted by atomic mass is 16.5. The van der Waals surface area contributed by atoms with E-state index < -0.39 is 0 Å². The molecule has 0 aromatic rings. The molecule has 0 aliphatic carbocycles. The Morgan fingerprint density at radius 2 is 2.12 bits per heavy atom. The average Bonchev–Trinajstić information content (AvgIpc) is 2.81. The third-order valence-corrected chi connectivity index (χ3v) is 3.02. The molecule has 0 radical (unpaired) electrons. The quantitative estimate of drug-likeness (QED) is 0.569. The maximum atomic E-state index is 11.6. The minimum atomic E-state index is 0.0973. The van der Waals surface area contributed by atoms with Gasteiger partial charge in [0.25, 0.3) is 0 Å². The highest BCUT2D eigenvalue weighted by molar-refractivity contribution is 5.82. The lowest BCUT2D eigenvalue weighted by Gasteiger charge is -2.07. The first-order valence-electron chi connectivity index (χ1n) is 6.52. The zero-order valence-electron chi connectivity index (χ0n) is 10.4. The van der Waals surface area contributed by atoms with Gasteiger partial charge in [-0.15, -0.1) is 0 Å². The van der Waals surface area contributed by atoms with Crippen molar-refractivity contribution in [3.8, 4) is 0 Å². The molecule has 1 fully saturated rings. The van der Waals surface area contributed by atoms with Crippen LogP contribution in [0.2, 0.25) is 0 Å². The fraction of sp³-hybridized carbons (Fsp3) is 0.923. The Hall–Kier alpha value is -0.410. The van der Waals surface area contributed by atoms with E-state index in [1.54, 1.807) is 0 Å². The Morgan fingerprint density at radius 3 is 2.81 bits per heavy atom. The predicted molar refractivity (Wildman–Crippen MR) is 63.5 cm³/mol. The molecule has 0 spiro atoms. The number of hydrogen-bond acceptors (Lipinski definition) is 3. The number of ether oxygens (including phenoxy) is 2. The summed E-state index contributed by atoms with van der Waals surface area (Å²) in [7, 11) is 0. The van der Waals surface area contributed by atoms with E-state index in [1.807, 2.05) is 0 Å². The standard InChI is InChI=1S/C13H24O3/c1-2-3-4-5-6-8-15-11-13(14)12-7-9-16-10-12/h12H,2-11H2,1H3. The van der Waals surface area contributed by atoms with Crippen molar-refractivity contribution in [3.05, 3.63) is 0 Å². The second-order valence-electron chi connectivity index (χ2n) is 4.49. The number of carbonyl (C=O) groups excluding carboxylic acids is 1. The van der Waals surface area contributed by atoms with Crippen molar-refractivity contribution in [2.24, 2.45) is 5.92 Å². The largest absolute Gasteiger partial charge is 0.381 e. The lowest BCUT2D eigenvalue weighted by molar-refractivity contribution is -0.127. The van der Waals surface area contributed by atoms with Gasteiger partial charge in [0, 0.05) is 19.1 Å². The summed E-state index contributed by atoms with van der Waals surface area (Å²) in [5.74, 6) is 0.311. The summed E-state index contributed by atoms with van der Waals surface area (Å²) in [5.41, 5.74) is 0. The van der Waals surface area contributed by atoms with Gasteiger partial charge in [-0.3, -0.25) is 4.79 Å². The van der Waals surface area contributed by atoms with E-state index in [9.17, 15) is 4.79 Å². The van der Waals surface area contributed by atoms with Crippen molar-refractivity contribution >= 4 is 5.78 Å². The molecule has 0 aromatic heterocycles. The fourth-order valence-electron chi connectivity index (χ4n) is 1.89. The van der Waals surface area contributed by atoms with E-state index >= 15 is 0 Å². The third kappa shape index (κ3) is 5.61. The van der Waals surface area contributed by atoms with E-state index in [1.165, 1.54) is 25.7 Å². The summed E-state index contributed by atoms with van der Waals surface area (Å²) < 4.78 is 10.6. The maximum absolute atomic E-state index is 11.6. The lowest BCUT2D eigenvalue weighted by atomic mass is 10.0. The summed E-state index contributed by atoms with van der Waals surface area (Å²) in [6.07, 6.45) is 7.02. The van der Waals surface area contributed by atoms with Crippen molar-refractivity contribution in [2.45, 2.75) is 45.4 Å². The molecule has 0 N–H and O–H groups in total. The van der Waals surface area contributed by atoms with Gasteiger partial charge in [-0.25, -0.2) is 0 Å². The van der Waals surface area contributed by atoms with Gasteiger partial charge in [0.15, 0.2) is 5.78 Å². The maximum Gasteiger partial charge on any atom is 0.163 e. The molecule has 3 nitrogen and oxygen atoms in total. The zero-order chi connectivity index (χ0) is 11.6. The van der Waals surface area contributed by atoms with E-state index in [-0.39, 0.29) is 18.3 Å². The molecule has 1 aliphatic rings. The van der Waals surface area contributed by atoms with Gasteiger partial charge in [-0.2, -0.15) is 0 Å². The predicted octanol–water partition coefficient (Wildman–Crippen LogP) is 2.58. The van der Waals surface area contributed by atoms with Crippen molar-refractivity contribution in [2.75, 3.05) is 26.4 Å². The first-order valence-corrected chi connectivity index (χ1v) is 6.52. The molecule has 3 heteroatoms. The average molecular weight is 228 g/mol. The fourth-order valence-corrected chi connectivity index (χ4v) is 1.89. The van der Waals surface area contributed by atoms with Gasteiger partial charge >= 0.3 is 0 Å². The van der Waals surface area contributed by atoms with Crippen molar-refractivity contribution < 1.29 is 14.3 Å². The first kappa shape index (κ1) is 13.7. The van der Waals surface area contributed by atoms with Crippen molar-refractivity contribution in [1.82, 2.24) is 0 Å². The first-order chi connectivity index (χ1) is 7.84. The van der Waals surface area contributed by atoms with Crippen LogP contribution >= 0.6 is 0 Å². The smallest absolute Gasteiger partial charge is 0.163 e. The molecular formula is C13H24O3. The SMILES string of the molecule is CCCCCCCOCC(=O)C1CCOC1. The van der Waals surface area contributed by atoms with Crippen LogP contribution < -0.4 is 0 Å². The van der Waals surface area contributed by atoms with Crippen molar-refractivity contribution in [1.29, 1.82) is 0 Å². The summed E-state index contributed by atoms with van der Waals surface area (Å²) >= 11 is 0. The molecule has 0 bridgehead atoms. The minimum absolute atomic E-state index is 0.0973. The molecule has 1 rings (SSSR count). The molecule has 1 unspecified atom stereocenters. The van der Waals surface area contributed by atoms with Crippen LogP contribution in [0.15, 0.2) is 0 Å². The monoisotopic (exact) mass is 228 g/mol.